The molecule has 1 atom stereocenters. The fourth-order valence-corrected chi connectivity index (χ4v) is 2.01. The Labute approximate surface area is 94.9 Å². The molecule has 2 nitrogen and oxygen atoms in total. The zero-order valence-electron chi connectivity index (χ0n) is 9.70. The average Bonchev–Trinajstić information content (AvgIpc) is 2.55. The van der Waals surface area contributed by atoms with Crippen LogP contribution in [0.5, 0.6) is 0 Å². The number of fused-ring (bicyclic) bond motifs is 1. The van der Waals surface area contributed by atoms with E-state index in [-0.39, 0.29) is 5.82 Å². The minimum Gasteiger partial charge on any atom is -0.348 e. The Morgan fingerprint density at radius 1 is 1.38 bits per heavy atom. The Balaban J connectivity index is 2.43. The highest BCUT2D eigenvalue weighted by molar-refractivity contribution is 5.81. The molecule has 2 N–H and O–H groups in total. The largest absolute Gasteiger partial charge is 0.348 e. The Morgan fingerprint density at radius 3 is 2.81 bits per heavy atom. The molecule has 1 aromatic carbocycles. The van der Waals surface area contributed by atoms with Gasteiger partial charge in [-0.25, -0.2) is 4.39 Å². The van der Waals surface area contributed by atoms with Crippen LogP contribution in [0, 0.1) is 11.7 Å². The van der Waals surface area contributed by atoms with Gasteiger partial charge in [-0.3, -0.25) is 0 Å². The van der Waals surface area contributed by atoms with E-state index >= 15 is 0 Å². The third-order valence-corrected chi connectivity index (χ3v) is 3.06. The highest BCUT2D eigenvalue weighted by atomic mass is 19.1. The highest BCUT2D eigenvalue weighted by Gasteiger charge is 2.09. The average molecular weight is 220 g/mol. The SMILES string of the molecule is CC(CN)Cc1cc2cc(F)ccc2n1C. The highest BCUT2D eigenvalue weighted by Crippen LogP contribution is 2.21. The lowest BCUT2D eigenvalue weighted by molar-refractivity contribution is 0.574. The van der Waals surface area contributed by atoms with Crippen molar-refractivity contribution < 1.29 is 4.39 Å². The molecule has 1 heterocycles. The van der Waals surface area contributed by atoms with Crippen LogP contribution in [0.3, 0.4) is 0 Å². The molecular formula is C13H17FN2. The predicted octanol–water partition coefficient (Wildman–Crippen LogP) is 2.45. The summed E-state index contributed by atoms with van der Waals surface area (Å²) in [4.78, 5) is 0. The van der Waals surface area contributed by atoms with Crippen molar-refractivity contribution in [2.75, 3.05) is 6.54 Å². The molecule has 0 spiro atoms. The molecule has 86 valence electrons. The van der Waals surface area contributed by atoms with Crippen LogP contribution in [0.15, 0.2) is 24.3 Å². The molecule has 1 aromatic heterocycles. The first-order chi connectivity index (χ1) is 7.61. The van der Waals surface area contributed by atoms with Gasteiger partial charge in [-0.2, -0.15) is 0 Å². The summed E-state index contributed by atoms with van der Waals surface area (Å²) in [5, 5.41) is 0.960. The van der Waals surface area contributed by atoms with E-state index in [2.05, 4.69) is 11.5 Å². The maximum absolute atomic E-state index is 13.1. The Morgan fingerprint density at radius 2 is 2.12 bits per heavy atom. The van der Waals surface area contributed by atoms with E-state index in [1.165, 1.54) is 11.8 Å². The van der Waals surface area contributed by atoms with Gasteiger partial charge in [0, 0.05) is 23.6 Å². The number of nitrogens with two attached hydrogens (primary N) is 1. The summed E-state index contributed by atoms with van der Waals surface area (Å²) in [6, 6.07) is 6.94. The van der Waals surface area contributed by atoms with Gasteiger partial charge in [0.25, 0.3) is 0 Å². The Hall–Kier alpha value is -1.35. The summed E-state index contributed by atoms with van der Waals surface area (Å²) >= 11 is 0. The van der Waals surface area contributed by atoms with Gasteiger partial charge in [0.2, 0.25) is 0 Å². The number of aryl methyl sites for hydroxylation is 1. The first kappa shape index (κ1) is 11.1. The molecular weight excluding hydrogens is 203 g/mol. The molecule has 0 aliphatic carbocycles. The molecule has 0 aliphatic heterocycles. The van der Waals surface area contributed by atoms with Gasteiger partial charge >= 0.3 is 0 Å². The van der Waals surface area contributed by atoms with Crippen LogP contribution in [0.2, 0.25) is 0 Å². The van der Waals surface area contributed by atoms with Crippen molar-refractivity contribution in [3.05, 3.63) is 35.8 Å². The maximum atomic E-state index is 13.1. The number of benzene rings is 1. The van der Waals surface area contributed by atoms with E-state index in [1.807, 2.05) is 19.2 Å². The van der Waals surface area contributed by atoms with Crippen molar-refractivity contribution in [1.29, 1.82) is 0 Å². The number of rotatable bonds is 3. The van der Waals surface area contributed by atoms with Gasteiger partial charge in [0.15, 0.2) is 0 Å². The lowest BCUT2D eigenvalue weighted by atomic mass is 10.1. The van der Waals surface area contributed by atoms with Crippen molar-refractivity contribution in [3.63, 3.8) is 0 Å². The maximum Gasteiger partial charge on any atom is 0.123 e. The van der Waals surface area contributed by atoms with E-state index in [1.54, 1.807) is 6.07 Å². The second kappa shape index (κ2) is 4.26. The molecule has 0 fully saturated rings. The number of aromatic nitrogens is 1. The summed E-state index contributed by atoms with van der Waals surface area (Å²) in [5.41, 5.74) is 7.90. The van der Waals surface area contributed by atoms with Crippen LogP contribution < -0.4 is 5.73 Å². The zero-order chi connectivity index (χ0) is 11.7. The second-order valence-electron chi connectivity index (χ2n) is 4.44. The van der Waals surface area contributed by atoms with Gasteiger partial charge < -0.3 is 10.3 Å². The van der Waals surface area contributed by atoms with E-state index < -0.39 is 0 Å². The van der Waals surface area contributed by atoms with Crippen molar-refractivity contribution in [3.8, 4) is 0 Å². The summed E-state index contributed by atoms with van der Waals surface area (Å²) in [6.07, 6.45) is 0.934. The summed E-state index contributed by atoms with van der Waals surface area (Å²) in [6.45, 7) is 2.80. The Kier molecular flexibility index (Phi) is 2.97. The molecule has 2 rings (SSSR count). The summed E-state index contributed by atoms with van der Waals surface area (Å²) in [7, 11) is 2.01. The van der Waals surface area contributed by atoms with Crippen LogP contribution in [-0.2, 0) is 13.5 Å². The summed E-state index contributed by atoms with van der Waals surface area (Å²) < 4.78 is 15.2. The molecule has 2 aromatic rings. The number of hydrogen-bond acceptors (Lipinski definition) is 1. The minimum absolute atomic E-state index is 0.184. The molecule has 0 amide bonds. The van der Waals surface area contributed by atoms with E-state index in [0.29, 0.717) is 12.5 Å². The van der Waals surface area contributed by atoms with Crippen LogP contribution in [0.25, 0.3) is 10.9 Å². The van der Waals surface area contributed by atoms with Crippen LogP contribution in [0.4, 0.5) is 4.39 Å². The molecule has 16 heavy (non-hydrogen) atoms. The second-order valence-corrected chi connectivity index (χ2v) is 4.44. The lowest BCUT2D eigenvalue weighted by Gasteiger charge is -2.09. The van der Waals surface area contributed by atoms with E-state index in [4.69, 9.17) is 5.73 Å². The number of halogens is 1. The van der Waals surface area contributed by atoms with E-state index in [9.17, 15) is 4.39 Å². The molecule has 0 aliphatic rings. The molecule has 3 heteroatoms. The van der Waals surface area contributed by atoms with E-state index in [0.717, 1.165) is 17.3 Å². The third-order valence-electron chi connectivity index (χ3n) is 3.06. The monoisotopic (exact) mass is 220 g/mol. The zero-order valence-corrected chi connectivity index (χ0v) is 9.70. The number of nitrogens with zero attached hydrogens (tertiary/aromatic N) is 1. The fraction of sp³-hybridized carbons (Fsp3) is 0.385. The van der Waals surface area contributed by atoms with Crippen LogP contribution >= 0.6 is 0 Å². The van der Waals surface area contributed by atoms with Gasteiger partial charge in [-0.05, 0) is 43.1 Å². The number of hydrogen-bond donors (Lipinski definition) is 1. The van der Waals surface area contributed by atoms with Gasteiger partial charge in [0.05, 0.1) is 0 Å². The Bertz CT molecular complexity index is 502. The standard InChI is InChI=1S/C13H17FN2/c1-9(8-15)5-12-7-10-6-11(14)3-4-13(10)16(12)2/h3-4,6-7,9H,5,8,15H2,1-2H3. The smallest absolute Gasteiger partial charge is 0.123 e. The predicted molar refractivity (Wildman–Crippen MR) is 64.8 cm³/mol. The fourth-order valence-electron chi connectivity index (χ4n) is 2.01. The quantitative estimate of drug-likeness (QED) is 0.846. The molecule has 1 unspecified atom stereocenters. The normalized spacial score (nSPS) is 13.2. The van der Waals surface area contributed by atoms with Gasteiger partial charge in [-0.15, -0.1) is 0 Å². The first-order valence-electron chi connectivity index (χ1n) is 5.55. The molecule has 0 saturated carbocycles. The van der Waals surface area contributed by atoms with Crippen molar-refractivity contribution >= 4 is 10.9 Å². The van der Waals surface area contributed by atoms with Gasteiger partial charge in [0.1, 0.15) is 5.82 Å². The van der Waals surface area contributed by atoms with Crippen molar-refractivity contribution in [2.45, 2.75) is 13.3 Å². The lowest BCUT2D eigenvalue weighted by Crippen LogP contribution is -2.14. The first-order valence-corrected chi connectivity index (χ1v) is 5.55. The third kappa shape index (κ3) is 1.95. The molecule has 0 saturated heterocycles. The molecule has 0 bridgehead atoms. The van der Waals surface area contributed by atoms with Crippen LogP contribution in [0.1, 0.15) is 12.6 Å². The van der Waals surface area contributed by atoms with Crippen molar-refractivity contribution in [1.82, 2.24) is 4.57 Å². The van der Waals surface area contributed by atoms with Crippen LogP contribution in [-0.4, -0.2) is 11.1 Å². The molecule has 0 radical (unpaired) electrons. The summed E-state index contributed by atoms with van der Waals surface area (Å²) in [5.74, 6) is 0.268. The van der Waals surface area contributed by atoms with Crippen molar-refractivity contribution in [2.24, 2.45) is 18.7 Å². The minimum atomic E-state index is -0.184. The topological polar surface area (TPSA) is 30.9 Å². The van der Waals surface area contributed by atoms with Gasteiger partial charge in [-0.1, -0.05) is 6.92 Å².